The molecule has 100 valence electrons. The van der Waals surface area contributed by atoms with E-state index in [4.69, 9.17) is 0 Å². The van der Waals surface area contributed by atoms with Gasteiger partial charge >= 0.3 is 0 Å². The Kier molecular flexibility index (Phi) is 3.33. The minimum atomic E-state index is -0.622. The second-order valence-electron chi connectivity index (χ2n) is 4.95. The molecular formula is C14H17N3O2. The number of hydrogen-bond acceptors (Lipinski definition) is 4. The number of aliphatic hydroxyl groups excluding tert-OH is 2. The second kappa shape index (κ2) is 5.13. The molecule has 0 aliphatic carbocycles. The van der Waals surface area contributed by atoms with Gasteiger partial charge in [0.2, 0.25) is 0 Å². The predicted molar refractivity (Wildman–Crippen MR) is 70.9 cm³/mol. The van der Waals surface area contributed by atoms with Crippen molar-refractivity contribution >= 4 is 0 Å². The van der Waals surface area contributed by atoms with Gasteiger partial charge in [-0.25, -0.2) is 4.68 Å². The van der Waals surface area contributed by atoms with E-state index in [0.717, 1.165) is 17.8 Å². The topological polar surface area (TPSA) is 61.5 Å². The Morgan fingerprint density at radius 1 is 1.11 bits per heavy atom. The molecule has 1 fully saturated rings. The van der Waals surface area contributed by atoms with E-state index in [1.54, 1.807) is 6.20 Å². The Labute approximate surface area is 111 Å². The maximum atomic E-state index is 9.51. The molecule has 3 rings (SSSR count). The molecule has 1 aromatic carbocycles. The molecule has 1 saturated heterocycles. The Morgan fingerprint density at radius 3 is 2.37 bits per heavy atom. The third-order valence-electron chi connectivity index (χ3n) is 3.45. The number of β-amino-alcohol motifs (C(OH)–C–C–N with tert-alkyl or cyclic N) is 2. The maximum absolute atomic E-state index is 9.51. The number of aliphatic hydroxyl groups is 2. The molecular weight excluding hydrogens is 242 g/mol. The van der Waals surface area contributed by atoms with E-state index in [0.29, 0.717) is 13.1 Å². The van der Waals surface area contributed by atoms with Crippen molar-refractivity contribution in [1.29, 1.82) is 0 Å². The number of rotatable bonds is 3. The minimum Gasteiger partial charge on any atom is -0.389 e. The molecule has 2 aromatic rings. The minimum absolute atomic E-state index is 0.530. The van der Waals surface area contributed by atoms with E-state index < -0.39 is 12.2 Å². The Hall–Kier alpha value is -1.69. The van der Waals surface area contributed by atoms with Crippen LogP contribution in [0.1, 0.15) is 5.56 Å². The zero-order chi connectivity index (χ0) is 13.2. The van der Waals surface area contributed by atoms with Gasteiger partial charge in [0.1, 0.15) is 0 Å². The number of nitrogens with zero attached hydrogens (tertiary/aromatic N) is 3. The summed E-state index contributed by atoms with van der Waals surface area (Å²) in [5.41, 5.74) is 2.19. The molecule has 2 atom stereocenters. The highest BCUT2D eigenvalue weighted by Gasteiger charge is 2.29. The van der Waals surface area contributed by atoms with Gasteiger partial charge in [0, 0.05) is 32.0 Å². The fraction of sp³-hybridized carbons (Fsp3) is 0.357. The van der Waals surface area contributed by atoms with Crippen LogP contribution in [0.15, 0.2) is 42.7 Å². The highest BCUT2D eigenvalue weighted by atomic mass is 16.3. The van der Waals surface area contributed by atoms with Crippen LogP contribution in [0.5, 0.6) is 0 Å². The van der Waals surface area contributed by atoms with Crippen molar-refractivity contribution in [2.24, 2.45) is 0 Å². The van der Waals surface area contributed by atoms with Crippen molar-refractivity contribution in [3.05, 3.63) is 48.3 Å². The van der Waals surface area contributed by atoms with Crippen LogP contribution in [0, 0.1) is 0 Å². The highest BCUT2D eigenvalue weighted by Crippen LogP contribution is 2.15. The van der Waals surface area contributed by atoms with E-state index in [1.807, 2.05) is 41.2 Å². The molecule has 1 aliphatic heterocycles. The molecule has 19 heavy (non-hydrogen) atoms. The highest BCUT2D eigenvalue weighted by molar-refractivity contribution is 5.33. The van der Waals surface area contributed by atoms with Crippen molar-refractivity contribution in [2.45, 2.75) is 18.8 Å². The smallest absolute Gasteiger partial charge is 0.0938 e. The summed E-state index contributed by atoms with van der Waals surface area (Å²) < 4.78 is 1.81. The average Bonchev–Trinajstić information content (AvgIpc) is 3.02. The molecule has 0 spiro atoms. The first kappa shape index (κ1) is 12.3. The SMILES string of the molecule is OC1CN(Cc2ccc(-n3cccn3)cc2)CC1O. The van der Waals surface area contributed by atoms with Gasteiger partial charge in [-0.15, -0.1) is 0 Å². The maximum Gasteiger partial charge on any atom is 0.0938 e. The summed E-state index contributed by atoms with van der Waals surface area (Å²) >= 11 is 0. The Bertz CT molecular complexity index is 514. The quantitative estimate of drug-likeness (QED) is 0.838. The van der Waals surface area contributed by atoms with Crippen LogP contribution in [0.4, 0.5) is 0 Å². The lowest BCUT2D eigenvalue weighted by molar-refractivity contribution is 0.0572. The molecule has 5 heteroatoms. The van der Waals surface area contributed by atoms with E-state index in [-0.39, 0.29) is 0 Å². The summed E-state index contributed by atoms with van der Waals surface area (Å²) in [4.78, 5) is 2.05. The third kappa shape index (κ3) is 2.68. The van der Waals surface area contributed by atoms with Crippen LogP contribution in [0.3, 0.4) is 0 Å². The number of aromatic nitrogens is 2. The van der Waals surface area contributed by atoms with Crippen molar-refractivity contribution in [2.75, 3.05) is 13.1 Å². The van der Waals surface area contributed by atoms with Gasteiger partial charge < -0.3 is 10.2 Å². The first-order chi connectivity index (χ1) is 9.22. The lowest BCUT2D eigenvalue weighted by Gasteiger charge is -2.14. The molecule has 0 bridgehead atoms. The summed E-state index contributed by atoms with van der Waals surface area (Å²) in [5, 5.41) is 23.2. The fourth-order valence-electron chi connectivity index (χ4n) is 2.41. The molecule has 0 saturated carbocycles. The van der Waals surface area contributed by atoms with Crippen LogP contribution >= 0.6 is 0 Å². The van der Waals surface area contributed by atoms with Gasteiger partial charge in [0.05, 0.1) is 17.9 Å². The van der Waals surface area contributed by atoms with Crippen LogP contribution < -0.4 is 0 Å². The van der Waals surface area contributed by atoms with E-state index in [2.05, 4.69) is 10.00 Å². The van der Waals surface area contributed by atoms with E-state index >= 15 is 0 Å². The normalized spacial score (nSPS) is 23.9. The molecule has 2 heterocycles. The monoisotopic (exact) mass is 259 g/mol. The molecule has 2 unspecified atom stereocenters. The van der Waals surface area contributed by atoms with Crippen LogP contribution in [0.2, 0.25) is 0 Å². The summed E-state index contributed by atoms with van der Waals surface area (Å²) in [5.74, 6) is 0. The number of benzene rings is 1. The first-order valence-electron chi connectivity index (χ1n) is 6.40. The van der Waals surface area contributed by atoms with Gasteiger partial charge in [-0.05, 0) is 23.8 Å². The predicted octanol–water partition coefficient (Wildman–Crippen LogP) is 0.410. The Morgan fingerprint density at radius 2 is 1.79 bits per heavy atom. The molecule has 0 radical (unpaired) electrons. The first-order valence-corrected chi connectivity index (χ1v) is 6.40. The molecule has 0 amide bonds. The van der Waals surface area contributed by atoms with Crippen molar-refractivity contribution < 1.29 is 10.2 Å². The zero-order valence-corrected chi connectivity index (χ0v) is 10.6. The van der Waals surface area contributed by atoms with Gasteiger partial charge in [0.25, 0.3) is 0 Å². The van der Waals surface area contributed by atoms with Gasteiger partial charge in [0.15, 0.2) is 0 Å². The van der Waals surface area contributed by atoms with Crippen molar-refractivity contribution in [3.63, 3.8) is 0 Å². The third-order valence-corrected chi connectivity index (χ3v) is 3.45. The van der Waals surface area contributed by atoms with Crippen molar-refractivity contribution in [1.82, 2.24) is 14.7 Å². The summed E-state index contributed by atoms with van der Waals surface area (Å²) in [7, 11) is 0. The zero-order valence-electron chi connectivity index (χ0n) is 10.6. The standard InChI is InChI=1S/C14H17N3O2/c18-13-9-16(10-14(13)19)8-11-2-4-12(5-3-11)17-7-1-6-15-17/h1-7,13-14,18-19H,8-10H2. The summed E-state index contributed by atoms with van der Waals surface area (Å²) in [6.45, 7) is 1.80. The number of likely N-dealkylation sites (tertiary alicyclic amines) is 1. The largest absolute Gasteiger partial charge is 0.389 e. The van der Waals surface area contributed by atoms with Gasteiger partial charge in [-0.1, -0.05) is 12.1 Å². The molecule has 2 N–H and O–H groups in total. The summed E-state index contributed by atoms with van der Waals surface area (Å²) in [6, 6.07) is 10.0. The van der Waals surface area contributed by atoms with Crippen LogP contribution in [-0.4, -0.2) is 50.2 Å². The lowest BCUT2D eigenvalue weighted by Crippen LogP contribution is -2.22. The van der Waals surface area contributed by atoms with E-state index in [1.165, 1.54) is 0 Å². The van der Waals surface area contributed by atoms with Crippen molar-refractivity contribution in [3.8, 4) is 5.69 Å². The Balaban J connectivity index is 1.67. The molecule has 1 aromatic heterocycles. The number of hydrogen-bond donors (Lipinski definition) is 2. The average molecular weight is 259 g/mol. The fourth-order valence-corrected chi connectivity index (χ4v) is 2.41. The van der Waals surface area contributed by atoms with Crippen LogP contribution in [-0.2, 0) is 6.54 Å². The van der Waals surface area contributed by atoms with Gasteiger partial charge in [-0.3, -0.25) is 4.90 Å². The molecule has 1 aliphatic rings. The second-order valence-corrected chi connectivity index (χ2v) is 4.95. The van der Waals surface area contributed by atoms with Crippen LogP contribution in [0.25, 0.3) is 5.69 Å². The lowest BCUT2D eigenvalue weighted by atomic mass is 10.2. The summed E-state index contributed by atoms with van der Waals surface area (Å²) in [6.07, 6.45) is 2.41. The van der Waals surface area contributed by atoms with E-state index in [9.17, 15) is 10.2 Å². The molecule has 5 nitrogen and oxygen atoms in total. The van der Waals surface area contributed by atoms with Gasteiger partial charge in [-0.2, -0.15) is 5.10 Å².